The second-order valence-electron chi connectivity index (χ2n) is 4.87. The highest BCUT2D eigenvalue weighted by Gasteiger charge is 2.15. The van der Waals surface area contributed by atoms with Crippen molar-refractivity contribution in [1.29, 1.82) is 0 Å². The van der Waals surface area contributed by atoms with Crippen molar-refractivity contribution in [2.45, 2.75) is 19.4 Å². The van der Waals surface area contributed by atoms with E-state index in [1.54, 1.807) is 13.2 Å². The molecule has 0 amide bonds. The largest absolute Gasteiger partial charge is 0.497 e. The summed E-state index contributed by atoms with van der Waals surface area (Å²) >= 11 is 12.3. The van der Waals surface area contributed by atoms with Gasteiger partial charge in [0.25, 0.3) is 0 Å². The molecule has 1 unspecified atom stereocenters. The van der Waals surface area contributed by atoms with Gasteiger partial charge in [0.15, 0.2) is 0 Å². The van der Waals surface area contributed by atoms with Gasteiger partial charge in [-0.2, -0.15) is 0 Å². The molecule has 0 fully saturated rings. The quantitative estimate of drug-likeness (QED) is 0.799. The molecule has 0 radical (unpaired) electrons. The van der Waals surface area contributed by atoms with Gasteiger partial charge in [-0.05, 0) is 54.4 Å². The molecule has 0 aromatic heterocycles. The Kier molecular flexibility index (Phi) is 5.92. The first-order chi connectivity index (χ1) is 10.1. The van der Waals surface area contributed by atoms with Gasteiger partial charge in [0.2, 0.25) is 0 Å². The molecule has 2 aromatic rings. The molecule has 1 atom stereocenters. The van der Waals surface area contributed by atoms with Crippen molar-refractivity contribution in [1.82, 2.24) is 5.32 Å². The standard InChI is InChI=1S/C17H19Cl2NO/c1-3-7-20-17(12-5-4-6-16(10-12)21-2)13-8-14(18)11-15(19)9-13/h4-6,8-11,17,20H,3,7H2,1-2H3. The van der Waals surface area contributed by atoms with Gasteiger partial charge in [0.05, 0.1) is 13.2 Å². The summed E-state index contributed by atoms with van der Waals surface area (Å²) in [7, 11) is 1.67. The second-order valence-corrected chi connectivity index (χ2v) is 5.74. The molecule has 0 saturated heterocycles. The fraction of sp³-hybridized carbons (Fsp3) is 0.294. The molecule has 0 aliphatic rings. The number of halogens is 2. The maximum atomic E-state index is 6.14. The van der Waals surface area contributed by atoms with Crippen LogP contribution in [0.15, 0.2) is 42.5 Å². The lowest BCUT2D eigenvalue weighted by atomic mass is 9.98. The number of hydrogen-bond donors (Lipinski definition) is 1. The third-order valence-electron chi connectivity index (χ3n) is 3.24. The fourth-order valence-corrected chi connectivity index (χ4v) is 2.82. The monoisotopic (exact) mass is 323 g/mol. The summed E-state index contributed by atoms with van der Waals surface area (Å²) in [5.41, 5.74) is 2.18. The zero-order chi connectivity index (χ0) is 15.2. The highest BCUT2D eigenvalue weighted by Crippen LogP contribution is 2.29. The number of nitrogens with one attached hydrogen (secondary N) is 1. The van der Waals surface area contributed by atoms with Gasteiger partial charge in [0.1, 0.15) is 5.75 Å². The molecule has 21 heavy (non-hydrogen) atoms. The first-order valence-corrected chi connectivity index (χ1v) is 7.73. The lowest BCUT2D eigenvalue weighted by molar-refractivity contribution is 0.413. The third-order valence-corrected chi connectivity index (χ3v) is 3.68. The van der Waals surface area contributed by atoms with E-state index < -0.39 is 0 Å². The summed E-state index contributed by atoms with van der Waals surface area (Å²) in [6.07, 6.45) is 1.05. The first-order valence-electron chi connectivity index (χ1n) is 6.97. The molecule has 112 valence electrons. The van der Waals surface area contributed by atoms with Crippen LogP contribution in [0.5, 0.6) is 5.75 Å². The molecule has 0 aliphatic carbocycles. The first kappa shape index (κ1) is 16.2. The van der Waals surface area contributed by atoms with Crippen LogP contribution in [-0.2, 0) is 0 Å². The van der Waals surface area contributed by atoms with E-state index in [2.05, 4.69) is 18.3 Å². The van der Waals surface area contributed by atoms with E-state index in [0.29, 0.717) is 10.0 Å². The number of rotatable bonds is 6. The van der Waals surface area contributed by atoms with Crippen LogP contribution in [0, 0.1) is 0 Å². The molecule has 2 rings (SSSR count). The summed E-state index contributed by atoms with van der Waals surface area (Å²) in [6.45, 7) is 3.05. The van der Waals surface area contributed by atoms with E-state index in [9.17, 15) is 0 Å². The SMILES string of the molecule is CCCNC(c1cc(Cl)cc(Cl)c1)c1cccc(OC)c1. The lowest BCUT2D eigenvalue weighted by Gasteiger charge is -2.20. The second kappa shape index (κ2) is 7.69. The van der Waals surface area contributed by atoms with Gasteiger partial charge in [-0.25, -0.2) is 0 Å². The molecular weight excluding hydrogens is 305 g/mol. The van der Waals surface area contributed by atoms with E-state index in [0.717, 1.165) is 29.8 Å². The summed E-state index contributed by atoms with van der Waals surface area (Å²) < 4.78 is 5.31. The molecule has 0 saturated carbocycles. The topological polar surface area (TPSA) is 21.3 Å². The minimum atomic E-state index is 0.0382. The van der Waals surface area contributed by atoms with Crippen LogP contribution in [0.25, 0.3) is 0 Å². The van der Waals surface area contributed by atoms with Crippen LogP contribution in [0.4, 0.5) is 0 Å². The highest BCUT2D eigenvalue weighted by molar-refractivity contribution is 6.34. The smallest absolute Gasteiger partial charge is 0.119 e. The normalized spacial score (nSPS) is 12.2. The molecule has 4 heteroatoms. The van der Waals surface area contributed by atoms with E-state index in [-0.39, 0.29) is 6.04 Å². The molecular formula is C17H19Cl2NO. The summed E-state index contributed by atoms with van der Waals surface area (Å²) in [4.78, 5) is 0. The Morgan fingerprint density at radius 2 is 1.76 bits per heavy atom. The lowest BCUT2D eigenvalue weighted by Crippen LogP contribution is -2.23. The summed E-state index contributed by atoms with van der Waals surface area (Å²) in [6, 6.07) is 13.7. The zero-order valence-electron chi connectivity index (χ0n) is 12.2. The molecule has 2 nitrogen and oxygen atoms in total. The number of ether oxygens (including phenoxy) is 1. The minimum absolute atomic E-state index is 0.0382. The maximum Gasteiger partial charge on any atom is 0.119 e. The van der Waals surface area contributed by atoms with Crippen molar-refractivity contribution in [3.63, 3.8) is 0 Å². The van der Waals surface area contributed by atoms with Gasteiger partial charge in [0, 0.05) is 10.0 Å². The Morgan fingerprint density at radius 1 is 1.05 bits per heavy atom. The predicted molar refractivity (Wildman–Crippen MR) is 89.6 cm³/mol. The number of hydrogen-bond acceptors (Lipinski definition) is 2. The van der Waals surface area contributed by atoms with Gasteiger partial charge in [-0.3, -0.25) is 0 Å². The van der Waals surface area contributed by atoms with E-state index >= 15 is 0 Å². The molecule has 0 spiro atoms. The summed E-state index contributed by atoms with van der Waals surface area (Å²) in [5.74, 6) is 0.837. The van der Waals surface area contributed by atoms with Crippen molar-refractivity contribution in [2.75, 3.05) is 13.7 Å². The van der Waals surface area contributed by atoms with Gasteiger partial charge >= 0.3 is 0 Å². The van der Waals surface area contributed by atoms with Gasteiger partial charge < -0.3 is 10.1 Å². The van der Waals surface area contributed by atoms with Gasteiger partial charge in [-0.1, -0.05) is 42.3 Å². The average Bonchev–Trinajstić information content (AvgIpc) is 2.47. The Labute approximate surface area is 136 Å². The van der Waals surface area contributed by atoms with Crippen molar-refractivity contribution in [3.8, 4) is 5.75 Å². The Morgan fingerprint density at radius 3 is 2.38 bits per heavy atom. The van der Waals surface area contributed by atoms with Crippen molar-refractivity contribution < 1.29 is 4.74 Å². The van der Waals surface area contributed by atoms with Crippen molar-refractivity contribution in [2.24, 2.45) is 0 Å². The van der Waals surface area contributed by atoms with Crippen LogP contribution in [-0.4, -0.2) is 13.7 Å². The molecule has 0 heterocycles. The van der Waals surface area contributed by atoms with Crippen LogP contribution in [0.3, 0.4) is 0 Å². The van der Waals surface area contributed by atoms with Crippen LogP contribution < -0.4 is 10.1 Å². The van der Waals surface area contributed by atoms with Crippen LogP contribution >= 0.6 is 23.2 Å². The van der Waals surface area contributed by atoms with Crippen molar-refractivity contribution in [3.05, 3.63) is 63.6 Å². The third kappa shape index (κ3) is 4.37. The Hall–Kier alpha value is -1.22. The summed E-state index contributed by atoms with van der Waals surface area (Å²) in [5, 5.41) is 4.82. The van der Waals surface area contributed by atoms with Gasteiger partial charge in [-0.15, -0.1) is 0 Å². The highest BCUT2D eigenvalue weighted by atomic mass is 35.5. The Bertz CT molecular complexity index is 581. The van der Waals surface area contributed by atoms with Crippen LogP contribution in [0.2, 0.25) is 10.0 Å². The number of methoxy groups -OCH3 is 1. The van der Waals surface area contributed by atoms with Crippen molar-refractivity contribution >= 4 is 23.2 Å². The molecule has 2 aromatic carbocycles. The average molecular weight is 324 g/mol. The van der Waals surface area contributed by atoms with E-state index in [4.69, 9.17) is 27.9 Å². The van der Waals surface area contributed by atoms with Crippen LogP contribution in [0.1, 0.15) is 30.5 Å². The zero-order valence-corrected chi connectivity index (χ0v) is 13.7. The molecule has 1 N–H and O–H groups in total. The molecule has 0 bridgehead atoms. The van der Waals surface area contributed by atoms with E-state index in [1.807, 2.05) is 30.3 Å². The molecule has 0 aliphatic heterocycles. The number of benzene rings is 2. The van der Waals surface area contributed by atoms with E-state index in [1.165, 1.54) is 0 Å². The Balaban J connectivity index is 2.41. The fourth-order valence-electron chi connectivity index (χ4n) is 2.28. The minimum Gasteiger partial charge on any atom is -0.497 e. The maximum absolute atomic E-state index is 6.14. The predicted octanol–water partition coefficient (Wildman–Crippen LogP) is 5.09.